The van der Waals surface area contributed by atoms with Gasteiger partial charge >= 0.3 is 0 Å². The van der Waals surface area contributed by atoms with Gasteiger partial charge in [0, 0.05) is 37.4 Å². The van der Waals surface area contributed by atoms with Crippen LogP contribution in [-0.4, -0.2) is 59.3 Å². The number of para-hydroxylation sites is 1. The van der Waals surface area contributed by atoms with Gasteiger partial charge in [-0.25, -0.2) is 13.4 Å². The van der Waals surface area contributed by atoms with E-state index in [1.54, 1.807) is 4.90 Å². The van der Waals surface area contributed by atoms with Gasteiger partial charge in [-0.15, -0.1) is 0 Å². The Morgan fingerprint density at radius 2 is 1.53 bits per heavy atom. The van der Waals surface area contributed by atoms with Gasteiger partial charge in [0.2, 0.25) is 10.0 Å². The Kier molecular flexibility index (Phi) is 5.93. The zero-order valence-electron chi connectivity index (χ0n) is 19.0. The summed E-state index contributed by atoms with van der Waals surface area (Å²) in [7, 11) is -3.42. The summed E-state index contributed by atoms with van der Waals surface area (Å²) in [6.07, 6.45) is 0. The summed E-state index contributed by atoms with van der Waals surface area (Å²) in [6, 6.07) is 24.7. The van der Waals surface area contributed by atoms with Crippen molar-refractivity contribution in [3.05, 3.63) is 95.8 Å². The summed E-state index contributed by atoms with van der Waals surface area (Å²) in [5.41, 5.74) is 4.05. The summed E-state index contributed by atoms with van der Waals surface area (Å²) >= 11 is 0. The number of fused-ring (bicyclic) bond motifs is 1. The number of carbonyl (C=O) groups excluding carboxylic acids is 1. The summed E-state index contributed by atoms with van der Waals surface area (Å²) in [5, 5.41) is 0. The van der Waals surface area contributed by atoms with Crippen LogP contribution < -0.4 is 0 Å². The molecule has 1 aliphatic rings. The number of rotatable bonds is 5. The van der Waals surface area contributed by atoms with E-state index in [1.165, 1.54) is 4.31 Å². The zero-order valence-corrected chi connectivity index (χ0v) is 19.8. The zero-order chi connectivity index (χ0) is 23.7. The van der Waals surface area contributed by atoms with Crippen LogP contribution in [0.5, 0.6) is 0 Å². The van der Waals surface area contributed by atoms with Gasteiger partial charge in [-0.3, -0.25) is 9.36 Å². The molecule has 8 heteroatoms. The SMILES string of the molecule is Cc1nc2cc(C(=O)N3CCN(S(=O)(=O)Cc4ccccc4)CC3)ccc2n1-c1ccccc1. The molecule has 1 fully saturated rings. The van der Waals surface area contributed by atoms with E-state index in [2.05, 4.69) is 9.55 Å². The van der Waals surface area contributed by atoms with Crippen LogP contribution in [0.2, 0.25) is 0 Å². The van der Waals surface area contributed by atoms with Crippen molar-refractivity contribution in [1.82, 2.24) is 18.8 Å². The second kappa shape index (κ2) is 9.04. The molecule has 1 amide bonds. The third-order valence-electron chi connectivity index (χ3n) is 6.19. The lowest BCUT2D eigenvalue weighted by molar-refractivity contribution is 0.0698. The van der Waals surface area contributed by atoms with Crippen molar-refractivity contribution in [2.24, 2.45) is 0 Å². The van der Waals surface area contributed by atoms with Crippen molar-refractivity contribution >= 4 is 27.0 Å². The van der Waals surface area contributed by atoms with Crippen molar-refractivity contribution < 1.29 is 13.2 Å². The highest BCUT2D eigenvalue weighted by atomic mass is 32.2. The molecule has 3 aromatic carbocycles. The van der Waals surface area contributed by atoms with E-state index in [9.17, 15) is 13.2 Å². The molecule has 0 spiro atoms. The molecular formula is C26H26N4O3S. The van der Waals surface area contributed by atoms with Gasteiger partial charge in [0.1, 0.15) is 5.82 Å². The first-order valence-corrected chi connectivity index (χ1v) is 12.9. The Labute approximate surface area is 199 Å². The lowest BCUT2D eigenvalue weighted by Gasteiger charge is -2.34. The molecule has 5 rings (SSSR count). The maximum absolute atomic E-state index is 13.2. The Hall–Kier alpha value is -3.49. The average Bonchev–Trinajstić information content (AvgIpc) is 3.19. The number of aryl methyl sites for hydroxylation is 1. The van der Waals surface area contributed by atoms with Gasteiger partial charge in [0.05, 0.1) is 16.8 Å². The van der Waals surface area contributed by atoms with Crippen LogP contribution in [0, 0.1) is 6.92 Å². The molecule has 0 aliphatic carbocycles. The number of imidazole rings is 1. The first-order valence-electron chi connectivity index (χ1n) is 11.3. The molecule has 34 heavy (non-hydrogen) atoms. The number of nitrogens with zero attached hydrogens (tertiary/aromatic N) is 4. The Balaban J connectivity index is 1.30. The number of piperazine rings is 1. The molecule has 174 valence electrons. The Morgan fingerprint density at radius 3 is 2.21 bits per heavy atom. The molecule has 0 atom stereocenters. The third-order valence-corrected chi connectivity index (χ3v) is 8.04. The van der Waals surface area contributed by atoms with Crippen molar-refractivity contribution in [1.29, 1.82) is 0 Å². The molecule has 1 aliphatic heterocycles. The number of amides is 1. The molecule has 1 aromatic heterocycles. The van der Waals surface area contributed by atoms with Crippen LogP contribution in [0.3, 0.4) is 0 Å². The van der Waals surface area contributed by atoms with Crippen LogP contribution in [-0.2, 0) is 15.8 Å². The minimum absolute atomic E-state index is 0.0259. The van der Waals surface area contributed by atoms with E-state index in [0.717, 1.165) is 28.1 Å². The van der Waals surface area contributed by atoms with E-state index in [0.29, 0.717) is 31.7 Å². The van der Waals surface area contributed by atoms with Crippen LogP contribution in [0.15, 0.2) is 78.9 Å². The molecule has 0 saturated carbocycles. The summed E-state index contributed by atoms with van der Waals surface area (Å²) in [4.78, 5) is 19.6. The van der Waals surface area contributed by atoms with E-state index < -0.39 is 10.0 Å². The first kappa shape index (κ1) is 22.3. The molecular weight excluding hydrogens is 448 g/mol. The van der Waals surface area contributed by atoms with E-state index in [1.807, 2.05) is 85.8 Å². The number of hydrogen-bond acceptors (Lipinski definition) is 4. The van der Waals surface area contributed by atoms with Crippen LogP contribution in [0.1, 0.15) is 21.7 Å². The largest absolute Gasteiger partial charge is 0.336 e. The van der Waals surface area contributed by atoms with Gasteiger partial charge in [-0.2, -0.15) is 4.31 Å². The van der Waals surface area contributed by atoms with Gasteiger partial charge in [-0.05, 0) is 42.8 Å². The summed E-state index contributed by atoms with van der Waals surface area (Å²) in [5.74, 6) is 0.721. The molecule has 1 saturated heterocycles. The van der Waals surface area contributed by atoms with Crippen molar-refractivity contribution in [3.63, 3.8) is 0 Å². The van der Waals surface area contributed by atoms with Crippen LogP contribution >= 0.6 is 0 Å². The fourth-order valence-corrected chi connectivity index (χ4v) is 5.98. The summed E-state index contributed by atoms with van der Waals surface area (Å²) < 4.78 is 29.2. The normalized spacial score (nSPS) is 15.0. The lowest BCUT2D eigenvalue weighted by atomic mass is 10.1. The molecule has 0 unspecified atom stereocenters. The Morgan fingerprint density at radius 1 is 0.882 bits per heavy atom. The van der Waals surface area contributed by atoms with E-state index in [-0.39, 0.29) is 11.7 Å². The number of sulfonamides is 1. The maximum atomic E-state index is 13.2. The molecule has 2 heterocycles. The summed E-state index contributed by atoms with van der Waals surface area (Å²) in [6.45, 7) is 3.27. The minimum Gasteiger partial charge on any atom is -0.336 e. The molecule has 0 N–H and O–H groups in total. The van der Waals surface area contributed by atoms with Crippen molar-refractivity contribution in [2.45, 2.75) is 12.7 Å². The standard InChI is InChI=1S/C26H26N4O3S/c1-20-27-24-18-22(12-13-25(24)30(20)23-10-6-3-7-11-23)26(31)28-14-16-29(17-15-28)34(32,33)19-21-8-4-2-5-9-21/h2-13,18H,14-17,19H2,1H3. The van der Waals surface area contributed by atoms with Crippen molar-refractivity contribution in [3.8, 4) is 5.69 Å². The monoisotopic (exact) mass is 474 g/mol. The van der Waals surface area contributed by atoms with E-state index in [4.69, 9.17) is 0 Å². The number of hydrogen-bond donors (Lipinski definition) is 0. The highest BCUT2D eigenvalue weighted by Crippen LogP contribution is 2.23. The maximum Gasteiger partial charge on any atom is 0.254 e. The smallest absolute Gasteiger partial charge is 0.254 e. The highest BCUT2D eigenvalue weighted by molar-refractivity contribution is 7.88. The number of benzene rings is 3. The molecule has 0 bridgehead atoms. The second-order valence-electron chi connectivity index (χ2n) is 8.47. The number of carbonyl (C=O) groups is 1. The topological polar surface area (TPSA) is 75.5 Å². The fourth-order valence-electron chi connectivity index (χ4n) is 4.46. The van der Waals surface area contributed by atoms with Gasteiger partial charge in [-0.1, -0.05) is 48.5 Å². The van der Waals surface area contributed by atoms with Crippen LogP contribution in [0.25, 0.3) is 16.7 Å². The van der Waals surface area contributed by atoms with Gasteiger partial charge in [0.15, 0.2) is 0 Å². The minimum atomic E-state index is -3.42. The van der Waals surface area contributed by atoms with E-state index >= 15 is 0 Å². The van der Waals surface area contributed by atoms with Crippen molar-refractivity contribution in [2.75, 3.05) is 26.2 Å². The predicted octanol–water partition coefficient (Wildman–Crippen LogP) is 3.62. The first-order chi connectivity index (χ1) is 16.4. The fraction of sp³-hybridized carbons (Fsp3) is 0.231. The molecule has 4 aromatic rings. The average molecular weight is 475 g/mol. The van der Waals surface area contributed by atoms with Crippen LogP contribution in [0.4, 0.5) is 0 Å². The second-order valence-corrected chi connectivity index (χ2v) is 10.4. The predicted molar refractivity (Wildman–Crippen MR) is 132 cm³/mol. The lowest BCUT2D eigenvalue weighted by Crippen LogP contribution is -2.50. The third kappa shape index (κ3) is 4.34. The van der Waals surface area contributed by atoms with Gasteiger partial charge in [0.25, 0.3) is 5.91 Å². The Bertz CT molecular complexity index is 1430. The van der Waals surface area contributed by atoms with Gasteiger partial charge < -0.3 is 4.90 Å². The quantitative estimate of drug-likeness (QED) is 0.443. The molecule has 0 radical (unpaired) electrons. The highest BCUT2D eigenvalue weighted by Gasteiger charge is 2.29. The number of aromatic nitrogens is 2. The molecule has 7 nitrogen and oxygen atoms in total.